The van der Waals surface area contributed by atoms with Gasteiger partial charge >= 0.3 is 12.0 Å². The number of alkyl halides is 3. The van der Waals surface area contributed by atoms with E-state index in [2.05, 4.69) is 16.3 Å². The second-order valence-electron chi connectivity index (χ2n) is 5.69. The molecule has 2 aromatic carbocycles. The van der Waals surface area contributed by atoms with Crippen LogP contribution in [0.5, 0.6) is 0 Å². The molecule has 0 aliphatic rings. The zero-order valence-electron chi connectivity index (χ0n) is 14.0. The molecule has 28 heavy (non-hydrogen) atoms. The summed E-state index contributed by atoms with van der Waals surface area (Å²) < 4.78 is 38.1. The Hall–Kier alpha value is -2.45. The maximum Gasteiger partial charge on any atom is 0.450 e. The van der Waals surface area contributed by atoms with E-state index in [0.717, 1.165) is 28.5 Å². The molecule has 0 saturated heterocycles. The fourth-order valence-corrected chi connectivity index (χ4v) is 4.14. The Balaban J connectivity index is 1.76. The van der Waals surface area contributed by atoms with Gasteiger partial charge in [-0.3, -0.25) is 0 Å². The van der Waals surface area contributed by atoms with Crippen molar-refractivity contribution in [3.63, 3.8) is 0 Å². The van der Waals surface area contributed by atoms with Gasteiger partial charge in [-0.1, -0.05) is 65.6 Å². The van der Waals surface area contributed by atoms with Crippen molar-refractivity contribution in [3.8, 4) is 17.2 Å². The molecule has 144 valence electrons. The Labute approximate surface area is 166 Å². The molecule has 0 atom stereocenters. The van der Waals surface area contributed by atoms with Crippen LogP contribution in [0.2, 0.25) is 0 Å². The lowest BCUT2D eigenvalue weighted by Crippen LogP contribution is -2.41. The van der Waals surface area contributed by atoms with Crippen molar-refractivity contribution in [2.75, 3.05) is 0 Å². The van der Waals surface area contributed by atoms with Crippen molar-refractivity contribution < 1.29 is 23.4 Å². The van der Waals surface area contributed by atoms with Crippen LogP contribution >= 0.6 is 23.1 Å². The molecule has 0 aliphatic carbocycles. The van der Waals surface area contributed by atoms with Crippen LogP contribution in [0.25, 0.3) is 11.1 Å². The lowest BCUT2D eigenvalue weighted by Gasteiger charge is -2.20. The van der Waals surface area contributed by atoms with Crippen LogP contribution in [-0.4, -0.2) is 26.6 Å². The number of thioether (sulfide) groups is 1. The summed E-state index contributed by atoms with van der Waals surface area (Å²) in [5.41, 5.74) is 3.03. The molecule has 5 nitrogen and oxygen atoms in total. The maximum absolute atomic E-state index is 12.7. The zero-order chi connectivity index (χ0) is 20.4. The van der Waals surface area contributed by atoms with E-state index in [0.29, 0.717) is 22.7 Å². The first-order valence-electron chi connectivity index (χ1n) is 7.79. The monoisotopic (exact) mass is 423 g/mol. The van der Waals surface area contributed by atoms with Gasteiger partial charge < -0.3 is 10.2 Å². The largest absolute Gasteiger partial charge is 0.450 e. The van der Waals surface area contributed by atoms with E-state index < -0.39 is 17.0 Å². The highest BCUT2D eigenvalue weighted by atomic mass is 32.2. The molecule has 0 spiro atoms. The molecule has 1 aromatic heterocycles. The number of hydrogen-bond donors (Lipinski definition) is 2. The topological polar surface area (TPSA) is 90.0 Å². The number of halogens is 3. The quantitative estimate of drug-likeness (QED) is 0.475. The zero-order valence-corrected chi connectivity index (χ0v) is 15.6. The van der Waals surface area contributed by atoms with Gasteiger partial charge in [-0.2, -0.15) is 18.4 Å². The summed E-state index contributed by atoms with van der Waals surface area (Å²) in [5.74, 6) is -3.64. The van der Waals surface area contributed by atoms with Gasteiger partial charge in [-0.25, -0.2) is 0 Å². The van der Waals surface area contributed by atoms with Crippen LogP contribution in [-0.2, 0) is 11.5 Å². The third-order valence-electron chi connectivity index (χ3n) is 3.75. The van der Waals surface area contributed by atoms with E-state index in [-0.39, 0.29) is 4.34 Å². The Kier molecular flexibility index (Phi) is 5.71. The number of aromatic nitrogens is 2. The normalized spacial score (nSPS) is 12.0. The van der Waals surface area contributed by atoms with Gasteiger partial charge in [0.1, 0.15) is 0 Å². The smallest absolute Gasteiger partial charge is 0.353 e. The van der Waals surface area contributed by atoms with Crippen molar-refractivity contribution in [3.05, 3.63) is 64.7 Å². The predicted octanol–water partition coefficient (Wildman–Crippen LogP) is 4.07. The van der Waals surface area contributed by atoms with Gasteiger partial charge in [-0.15, -0.1) is 10.2 Å². The molecule has 0 radical (unpaired) electrons. The Bertz CT molecular complexity index is 1030. The van der Waals surface area contributed by atoms with E-state index in [4.69, 9.17) is 0 Å². The van der Waals surface area contributed by atoms with Crippen molar-refractivity contribution in [2.24, 2.45) is 0 Å². The molecular weight excluding hydrogens is 411 g/mol. The second kappa shape index (κ2) is 7.89. The van der Waals surface area contributed by atoms with Crippen molar-refractivity contribution in [1.29, 1.82) is 5.26 Å². The fraction of sp³-hybridized carbons (Fsp3) is 0.167. The first kappa shape index (κ1) is 20.3. The molecule has 0 amide bonds. The van der Waals surface area contributed by atoms with Crippen molar-refractivity contribution >= 4 is 23.1 Å². The van der Waals surface area contributed by atoms with E-state index >= 15 is 0 Å². The molecule has 3 rings (SSSR count). The number of rotatable bonds is 5. The number of benzene rings is 2. The molecule has 0 unspecified atom stereocenters. The van der Waals surface area contributed by atoms with E-state index in [9.17, 15) is 28.6 Å². The van der Waals surface area contributed by atoms with Crippen LogP contribution in [0.3, 0.4) is 0 Å². The highest BCUT2D eigenvalue weighted by Gasteiger charge is 2.57. The fourth-order valence-electron chi connectivity index (χ4n) is 2.34. The first-order valence-corrected chi connectivity index (χ1v) is 9.59. The Morgan fingerprint density at radius 1 is 1.07 bits per heavy atom. The molecule has 0 saturated carbocycles. The highest BCUT2D eigenvalue weighted by Crippen LogP contribution is 2.39. The van der Waals surface area contributed by atoms with E-state index in [1.807, 2.05) is 36.4 Å². The number of nitrogens with zero attached hydrogens (tertiary/aromatic N) is 3. The summed E-state index contributed by atoms with van der Waals surface area (Å²) in [4.78, 5) is 0. The molecule has 2 N–H and O–H groups in total. The van der Waals surface area contributed by atoms with Crippen molar-refractivity contribution in [2.45, 2.75) is 22.1 Å². The average molecular weight is 423 g/mol. The Morgan fingerprint density at radius 2 is 1.82 bits per heavy atom. The van der Waals surface area contributed by atoms with Crippen LogP contribution in [0.1, 0.15) is 16.1 Å². The molecule has 1 heterocycles. The van der Waals surface area contributed by atoms with Crippen LogP contribution in [0, 0.1) is 11.3 Å². The third kappa shape index (κ3) is 4.18. The van der Waals surface area contributed by atoms with Gasteiger partial charge in [0.05, 0.1) is 11.6 Å². The Morgan fingerprint density at radius 3 is 2.54 bits per heavy atom. The van der Waals surface area contributed by atoms with Gasteiger partial charge in [0.2, 0.25) is 0 Å². The maximum atomic E-state index is 12.7. The minimum Gasteiger partial charge on any atom is -0.353 e. The van der Waals surface area contributed by atoms with E-state index in [1.54, 1.807) is 12.1 Å². The van der Waals surface area contributed by atoms with Gasteiger partial charge in [0, 0.05) is 5.75 Å². The molecule has 0 fully saturated rings. The molecular formula is C18H12F3N3O2S2. The van der Waals surface area contributed by atoms with Crippen LogP contribution in [0.15, 0.2) is 52.9 Å². The standard InChI is InChI=1S/C18H12F3N3O2S2/c19-18(20,21)17(25,26)15-23-24-16(28-15)27-10-11-4-3-6-12(8-11)14-7-2-1-5-13(14)9-22/h1-8,25-26H,10H2. The summed E-state index contributed by atoms with van der Waals surface area (Å²) >= 11 is 1.60. The van der Waals surface area contributed by atoms with Gasteiger partial charge in [-0.05, 0) is 22.8 Å². The second-order valence-corrected chi connectivity index (χ2v) is 7.89. The summed E-state index contributed by atoms with van der Waals surface area (Å²) in [5, 5.41) is 33.6. The first-order chi connectivity index (χ1) is 13.2. The summed E-state index contributed by atoms with van der Waals surface area (Å²) in [7, 11) is 0. The van der Waals surface area contributed by atoms with Gasteiger partial charge in [0.15, 0.2) is 9.35 Å². The van der Waals surface area contributed by atoms with Crippen LogP contribution < -0.4 is 0 Å². The number of nitriles is 1. The average Bonchev–Trinajstić information content (AvgIpc) is 3.15. The lowest BCUT2D eigenvalue weighted by molar-refractivity contribution is -0.358. The number of aliphatic hydroxyl groups is 2. The SMILES string of the molecule is N#Cc1ccccc1-c1cccc(CSc2nnc(C(O)(O)C(F)(F)F)s2)c1. The van der Waals surface area contributed by atoms with Crippen LogP contribution in [0.4, 0.5) is 13.2 Å². The minimum atomic E-state index is -5.27. The lowest BCUT2D eigenvalue weighted by atomic mass is 9.99. The summed E-state index contributed by atoms with van der Waals surface area (Å²) in [6.45, 7) is 0. The molecule has 0 aliphatic heterocycles. The third-order valence-corrected chi connectivity index (χ3v) is 5.97. The highest BCUT2D eigenvalue weighted by molar-refractivity contribution is 8.00. The van der Waals surface area contributed by atoms with E-state index in [1.165, 1.54) is 0 Å². The molecule has 0 bridgehead atoms. The summed E-state index contributed by atoms with van der Waals surface area (Å²) in [6, 6.07) is 16.7. The molecule has 10 heteroatoms. The number of hydrogen-bond acceptors (Lipinski definition) is 7. The molecule has 3 aromatic rings. The van der Waals surface area contributed by atoms with Crippen molar-refractivity contribution in [1.82, 2.24) is 10.2 Å². The minimum absolute atomic E-state index is 0.176. The van der Waals surface area contributed by atoms with Gasteiger partial charge in [0.25, 0.3) is 0 Å². The summed E-state index contributed by atoms with van der Waals surface area (Å²) in [6.07, 6.45) is -5.27. The predicted molar refractivity (Wildman–Crippen MR) is 98.2 cm³/mol.